The number of rotatable bonds is 53. The SMILES string of the molecule is CCCCCCC/C=C\C/C=C\CCCCCCCCCCCCCCCCCCCCCC(=O)NC(CO)C(O)CCCCCCCCCCCCCCCCCCCCC. The van der Waals surface area contributed by atoms with E-state index >= 15 is 0 Å². The van der Waals surface area contributed by atoms with E-state index in [-0.39, 0.29) is 12.5 Å². The Morgan fingerprint density at radius 3 is 0.968 bits per heavy atom. The number of aliphatic hydroxyl groups excluding tert-OH is 2. The molecule has 0 bridgehead atoms. The molecule has 0 aromatic heterocycles. The van der Waals surface area contributed by atoms with Gasteiger partial charge in [0.15, 0.2) is 0 Å². The van der Waals surface area contributed by atoms with Crippen LogP contribution in [0.3, 0.4) is 0 Å². The molecule has 62 heavy (non-hydrogen) atoms. The van der Waals surface area contributed by atoms with Crippen molar-refractivity contribution in [3.8, 4) is 0 Å². The fraction of sp³-hybridized carbons (Fsp3) is 0.914. The summed E-state index contributed by atoms with van der Waals surface area (Å²) in [4.78, 5) is 12.5. The number of carbonyl (C=O) groups is 1. The van der Waals surface area contributed by atoms with Crippen LogP contribution in [0.15, 0.2) is 24.3 Å². The summed E-state index contributed by atoms with van der Waals surface area (Å²) < 4.78 is 0. The van der Waals surface area contributed by atoms with Gasteiger partial charge in [0.25, 0.3) is 0 Å². The van der Waals surface area contributed by atoms with Crippen LogP contribution in [0.25, 0.3) is 0 Å². The summed E-state index contributed by atoms with van der Waals surface area (Å²) in [6.07, 6.45) is 71.7. The van der Waals surface area contributed by atoms with Gasteiger partial charge in [-0.05, 0) is 44.9 Å². The standard InChI is InChI=1S/C58H113NO3/c1-3-5-7-9-11-13-15-17-19-21-23-24-25-26-27-28-29-30-31-32-33-34-36-38-40-42-44-46-48-50-52-54-58(62)59-56(55-60)57(61)53-51-49-47-45-43-41-39-37-35-22-20-18-16-14-12-10-8-6-4-2/h15,17,21,23,56-57,60-61H,3-14,16,18-20,22,24-55H2,1-2H3,(H,59,62)/b17-15-,23-21-. The molecule has 0 saturated carbocycles. The lowest BCUT2D eigenvalue weighted by molar-refractivity contribution is -0.123. The number of nitrogens with one attached hydrogen (secondary N) is 1. The Kier molecular flexibility index (Phi) is 53.2. The molecule has 2 unspecified atom stereocenters. The molecule has 0 fully saturated rings. The average molecular weight is 873 g/mol. The highest BCUT2D eigenvalue weighted by Gasteiger charge is 2.20. The van der Waals surface area contributed by atoms with E-state index in [4.69, 9.17) is 0 Å². The maximum absolute atomic E-state index is 12.5. The molecule has 0 aliphatic rings. The number of unbranched alkanes of at least 4 members (excludes halogenated alkanes) is 42. The predicted molar refractivity (Wildman–Crippen MR) is 276 cm³/mol. The van der Waals surface area contributed by atoms with Gasteiger partial charge in [0.2, 0.25) is 5.91 Å². The first-order valence-electron chi connectivity index (χ1n) is 28.5. The van der Waals surface area contributed by atoms with Crippen molar-refractivity contribution in [2.75, 3.05) is 6.61 Å². The fourth-order valence-corrected chi connectivity index (χ4v) is 9.10. The molecule has 0 saturated heterocycles. The van der Waals surface area contributed by atoms with Gasteiger partial charge in [-0.1, -0.05) is 295 Å². The van der Waals surface area contributed by atoms with Crippen LogP contribution in [0.1, 0.15) is 322 Å². The van der Waals surface area contributed by atoms with Crippen molar-refractivity contribution in [2.45, 2.75) is 334 Å². The Morgan fingerprint density at radius 2 is 0.661 bits per heavy atom. The third-order valence-corrected chi connectivity index (χ3v) is 13.5. The molecule has 0 aliphatic heterocycles. The van der Waals surface area contributed by atoms with Crippen molar-refractivity contribution < 1.29 is 15.0 Å². The minimum Gasteiger partial charge on any atom is -0.394 e. The second-order valence-electron chi connectivity index (χ2n) is 19.7. The predicted octanol–water partition coefficient (Wildman–Crippen LogP) is 18.7. The molecule has 2 atom stereocenters. The number of allylic oxidation sites excluding steroid dienone is 4. The van der Waals surface area contributed by atoms with Crippen molar-refractivity contribution in [1.82, 2.24) is 5.32 Å². The molecule has 368 valence electrons. The van der Waals surface area contributed by atoms with Crippen LogP contribution in [-0.4, -0.2) is 34.9 Å². The Morgan fingerprint density at radius 1 is 0.387 bits per heavy atom. The first-order chi connectivity index (χ1) is 30.7. The lowest BCUT2D eigenvalue weighted by Crippen LogP contribution is -2.45. The topological polar surface area (TPSA) is 69.6 Å². The highest BCUT2D eigenvalue weighted by molar-refractivity contribution is 5.76. The van der Waals surface area contributed by atoms with E-state index in [2.05, 4.69) is 43.5 Å². The monoisotopic (exact) mass is 872 g/mol. The van der Waals surface area contributed by atoms with Crippen molar-refractivity contribution in [3.05, 3.63) is 24.3 Å². The highest BCUT2D eigenvalue weighted by Crippen LogP contribution is 2.18. The van der Waals surface area contributed by atoms with Gasteiger partial charge in [-0.2, -0.15) is 0 Å². The molecule has 0 radical (unpaired) electrons. The van der Waals surface area contributed by atoms with E-state index in [1.807, 2.05) is 0 Å². The van der Waals surface area contributed by atoms with Gasteiger partial charge in [-0.3, -0.25) is 4.79 Å². The number of amides is 1. The number of hydrogen-bond donors (Lipinski definition) is 3. The normalized spacial score (nSPS) is 12.9. The van der Waals surface area contributed by atoms with Crippen LogP contribution >= 0.6 is 0 Å². The fourth-order valence-electron chi connectivity index (χ4n) is 9.10. The smallest absolute Gasteiger partial charge is 0.220 e. The van der Waals surface area contributed by atoms with Crippen LogP contribution in [0.5, 0.6) is 0 Å². The summed E-state index contributed by atoms with van der Waals surface area (Å²) in [5.74, 6) is -0.0248. The van der Waals surface area contributed by atoms with E-state index < -0.39 is 12.1 Å². The van der Waals surface area contributed by atoms with Gasteiger partial charge in [0, 0.05) is 6.42 Å². The second kappa shape index (κ2) is 54.2. The molecular formula is C58H113NO3. The lowest BCUT2D eigenvalue weighted by atomic mass is 10.0. The summed E-state index contributed by atoms with van der Waals surface area (Å²) in [6, 6.07) is -0.534. The molecule has 0 heterocycles. The van der Waals surface area contributed by atoms with Crippen LogP contribution in [0.2, 0.25) is 0 Å². The Labute approximate surface area is 389 Å². The molecule has 0 aliphatic carbocycles. The van der Waals surface area contributed by atoms with Crippen LogP contribution < -0.4 is 5.32 Å². The maximum Gasteiger partial charge on any atom is 0.220 e. The first-order valence-corrected chi connectivity index (χ1v) is 28.5. The van der Waals surface area contributed by atoms with E-state index in [1.54, 1.807) is 0 Å². The summed E-state index contributed by atoms with van der Waals surface area (Å²) in [7, 11) is 0. The average Bonchev–Trinajstić information content (AvgIpc) is 3.28. The lowest BCUT2D eigenvalue weighted by Gasteiger charge is -2.22. The van der Waals surface area contributed by atoms with Crippen molar-refractivity contribution in [1.29, 1.82) is 0 Å². The molecule has 1 amide bonds. The van der Waals surface area contributed by atoms with Crippen molar-refractivity contribution in [2.24, 2.45) is 0 Å². The zero-order valence-corrected chi connectivity index (χ0v) is 42.4. The minimum absolute atomic E-state index is 0.0248. The number of hydrogen-bond acceptors (Lipinski definition) is 3. The number of carbonyl (C=O) groups excluding carboxylic acids is 1. The summed E-state index contributed by atoms with van der Waals surface area (Å²) in [6.45, 7) is 4.38. The Hall–Kier alpha value is -1.13. The van der Waals surface area contributed by atoms with Gasteiger partial charge in [0.05, 0.1) is 18.8 Å². The molecule has 0 aromatic rings. The van der Waals surface area contributed by atoms with Crippen molar-refractivity contribution in [3.63, 3.8) is 0 Å². The van der Waals surface area contributed by atoms with E-state index in [0.717, 1.165) is 32.1 Å². The molecule has 0 aromatic carbocycles. The van der Waals surface area contributed by atoms with E-state index in [1.165, 1.54) is 263 Å². The van der Waals surface area contributed by atoms with Gasteiger partial charge >= 0.3 is 0 Å². The van der Waals surface area contributed by atoms with Gasteiger partial charge in [-0.25, -0.2) is 0 Å². The number of aliphatic hydroxyl groups is 2. The first kappa shape index (κ1) is 60.9. The molecule has 3 N–H and O–H groups in total. The van der Waals surface area contributed by atoms with E-state index in [0.29, 0.717) is 12.8 Å². The Bertz CT molecular complexity index is 901. The highest BCUT2D eigenvalue weighted by atomic mass is 16.3. The molecular weight excluding hydrogens is 759 g/mol. The molecule has 4 heteroatoms. The summed E-state index contributed by atoms with van der Waals surface area (Å²) in [5.41, 5.74) is 0. The van der Waals surface area contributed by atoms with Crippen LogP contribution in [0, 0.1) is 0 Å². The molecule has 0 spiro atoms. The van der Waals surface area contributed by atoms with Gasteiger partial charge < -0.3 is 15.5 Å². The zero-order chi connectivity index (χ0) is 44.9. The third kappa shape index (κ3) is 49.9. The molecule has 4 nitrogen and oxygen atoms in total. The third-order valence-electron chi connectivity index (χ3n) is 13.5. The Balaban J connectivity index is 3.41. The summed E-state index contributed by atoms with van der Waals surface area (Å²) in [5, 5.41) is 23.3. The van der Waals surface area contributed by atoms with Crippen LogP contribution in [0.4, 0.5) is 0 Å². The van der Waals surface area contributed by atoms with Gasteiger partial charge in [0.1, 0.15) is 0 Å². The largest absolute Gasteiger partial charge is 0.394 e. The van der Waals surface area contributed by atoms with Crippen LogP contribution in [-0.2, 0) is 4.79 Å². The maximum atomic E-state index is 12.5. The quantitative estimate of drug-likeness (QED) is 0.0421. The van der Waals surface area contributed by atoms with Gasteiger partial charge in [-0.15, -0.1) is 0 Å². The second-order valence-corrected chi connectivity index (χ2v) is 19.7. The van der Waals surface area contributed by atoms with Crippen molar-refractivity contribution >= 4 is 5.91 Å². The zero-order valence-electron chi connectivity index (χ0n) is 42.4. The summed E-state index contributed by atoms with van der Waals surface area (Å²) >= 11 is 0. The molecule has 0 rings (SSSR count). The minimum atomic E-state index is -0.657. The van der Waals surface area contributed by atoms with E-state index in [9.17, 15) is 15.0 Å².